The highest BCUT2D eigenvalue weighted by Gasteiger charge is 2.25. The molecule has 88 valence electrons. The van der Waals surface area contributed by atoms with E-state index in [-0.39, 0.29) is 6.04 Å². The molecule has 7 N–H and O–H groups in total. The molecule has 6 nitrogen and oxygen atoms in total. The third-order valence-corrected chi connectivity index (χ3v) is 2.44. The van der Waals surface area contributed by atoms with Crippen molar-refractivity contribution in [3.05, 3.63) is 0 Å². The molecule has 2 atom stereocenters. The average molecular weight is 216 g/mol. The fourth-order valence-electron chi connectivity index (χ4n) is 1.23. The fourth-order valence-corrected chi connectivity index (χ4v) is 1.23. The van der Waals surface area contributed by atoms with E-state index in [9.17, 15) is 9.59 Å². The highest BCUT2D eigenvalue weighted by molar-refractivity contribution is 5.83. The first-order chi connectivity index (χ1) is 6.81. The minimum Gasteiger partial charge on any atom is -0.368 e. The number of nitrogens with one attached hydrogen (secondary N) is 1. The van der Waals surface area contributed by atoms with Gasteiger partial charge in [0.25, 0.3) is 0 Å². The van der Waals surface area contributed by atoms with E-state index in [1.54, 1.807) is 14.0 Å². The van der Waals surface area contributed by atoms with Gasteiger partial charge in [-0.15, -0.1) is 0 Å². The quantitative estimate of drug-likeness (QED) is 0.410. The smallest absolute Gasteiger partial charge is 0.237 e. The topological polar surface area (TPSA) is 124 Å². The van der Waals surface area contributed by atoms with Crippen molar-refractivity contribution in [2.75, 3.05) is 7.05 Å². The summed E-state index contributed by atoms with van der Waals surface area (Å²) in [6, 6.07) is -0.381. The third-order valence-electron chi connectivity index (χ3n) is 2.44. The van der Waals surface area contributed by atoms with Gasteiger partial charge < -0.3 is 22.5 Å². The number of primary amides is 2. The Morgan fingerprint density at radius 1 is 1.40 bits per heavy atom. The maximum Gasteiger partial charge on any atom is 0.237 e. The Morgan fingerprint density at radius 2 is 1.93 bits per heavy atom. The zero-order valence-corrected chi connectivity index (χ0v) is 9.25. The normalized spacial score (nSPS) is 16.7. The molecule has 0 spiro atoms. The Morgan fingerprint density at radius 3 is 2.27 bits per heavy atom. The zero-order valence-electron chi connectivity index (χ0n) is 9.25. The number of amides is 2. The summed E-state index contributed by atoms with van der Waals surface area (Å²) in [7, 11) is 1.66. The van der Waals surface area contributed by atoms with Gasteiger partial charge in [-0.2, -0.15) is 0 Å². The first kappa shape index (κ1) is 13.9. The maximum absolute atomic E-state index is 10.9. The number of carbonyl (C=O) groups excluding carboxylic acids is 2. The van der Waals surface area contributed by atoms with Crippen molar-refractivity contribution in [1.82, 2.24) is 5.32 Å². The van der Waals surface area contributed by atoms with Crippen LogP contribution in [0.3, 0.4) is 0 Å². The van der Waals surface area contributed by atoms with Crippen molar-refractivity contribution in [2.24, 2.45) is 17.2 Å². The van der Waals surface area contributed by atoms with Crippen LogP contribution in [0.2, 0.25) is 0 Å². The molecule has 0 radical (unpaired) electrons. The molecule has 0 bridgehead atoms. The second-order valence-corrected chi connectivity index (χ2v) is 3.92. The molecule has 0 aromatic heterocycles. The van der Waals surface area contributed by atoms with Crippen LogP contribution >= 0.6 is 0 Å². The van der Waals surface area contributed by atoms with Gasteiger partial charge in [-0.3, -0.25) is 9.59 Å². The monoisotopic (exact) mass is 216 g/mol. The van der Waals surface area contributed by atoms with Gasteiger partial charge >= 0.3 is 0 Å². The molecule has 0 aliphatic carbocycles. The Kier molecular flexibility index (Phi) is 5.24. The van der Waals surface area contributed by atoms with E-state index < -0.39 is 17.4 Å². The van der Waals surface area contributed by atoms with Crippen LogP contribution < -0.4 is 22.5 Å². The van der Waals surface area contributed by atoms with Gasteiger partial charge in [0.05, 0.1) is 11.6 Å². The molecule has 0 saturated heterocycles. The number of carbonyl (C=O) groups is 2. The van der Waals surface area contributed by atoms with Gasteiger partial charge in [-0.05, 0) is 33.2 Å². The number of rotatable bonds is 7. The molecule has 2 amide bonds. The van der Waals surface area contributed by atoms with Crippen LogP contribution in [0.4, 0.5) is 0 Å². The van der Waals surface area contributed by atoms with E-state index >= 15 is 0 Å². The summed E-state index contributed by atoms with van der Waals surface area (Å²) in [5, 5.41) is 2.79. The molecule has 2 unspecified atom stereocenters. The Bertz CT molecular complexity index is 240. The lowest BCUT2D eigenvalue weighted by Gasteiger charge is -2.21. The first-order valence-corrected chi connectivity index (χ1v) is 4.86. The van der Waals surface area contributed by atoms with E-state index in [2.05, 4.69) is 5.32 Å². The minimum absolute atomic E-state index is 0.381. The lowest BCUT2D eigenvalue weighted by molar-refractivity contribution is -0.122. The minimum atomic E-state index is -1.02. The van der Waals surface area contributed by atoms with Crippen LogP contribution in [0.1, 0.15) is 26.2 Å². The molecule has 0 aromatic carbocycles. The van der Waals surface area contributed by atoms with Crippen LogP contribution in [-0.2, 0) is 9.59 Å². The summed E-state index contributed by atoms with van der Waals surface area (Å²) >= 11 is 0. The van der Waals surface area contributed by atoms with Crippen LogP contribution in [0.5, 0.6) is 0 Å². The van der Waals surface area contributed by atoms with Crippen molar-refractivity contribution < 1.29 is 9.59 Å². The number of nitrogens with two attached hydrogens (primary N) is 3. The molecule has 0 heterocycles. The van der Waals surface area contributed by atoms with Crippen molar-refractivity contribution >= 4 is 11.8 Å². The predicted molar refractivity (Wildman–Crippen MR) is 57.7 cm³/mol. The van der Waals surface area contributed by atoms with E-state index in [0.29, 0.717) is 19.3 Å². The van der Waals surface area contributed by atoms with Crippen molar-refractivity contribution in [1.29, 1.82) is 0 Å². The second kappa shape index (κ2) is 5.67. The van der Waals surface area contributed by atoms with Gasteiger partial charge in [0.15, 0.2) is 0 Å². The average Bonchev–Trinajstić information content (AvgIpc) is 2.11. The fraction of sp³-hybridized carbons (Fsp3) is 0.778. The van der Waals surface area contributed by atoms with E-state index in [0.717, 1.165) is 0 Å². The van der Waals surface area contributed by atoms with Crippen LogP contribution in [-0.4, -0.2) is 30.4 Å². The molecule has 15 heavy (non-hydrogen) atoms. The van der Waals surface area contributed by atoms with Gasteiger partial charge in [-0.1, -0.05) is 0 Å². The van der Waals surface area contributed by atoms with E-state index in [1.165, 1.54) is 0 Å². The number of likely N-dealkylation sites (N-methyl/N-ethyl adjacent to an activating group) is 1. The highest BCUT2D eigenvalue weighted by Crippen LogP contribution is 2.11. The Balaban J connectivity index is 3.98. The highest BCUT2D eigenvalue weighted by atomic mass is 16.2. The molecule has 0 aromatic rings. The summed E-state index contributed by atoms with van der Waals surface area (Å²) in [5.41, 5.74) is 14.9. The summed E-state index contributed by atoms with van der Waals surface area (Å²) in [4.78, 5) is 21.7. The molecule has 0 rings (SSSR count). The van der Waals surface area contributed by atoms with Crippen LogP contribution in [0, 0.1) is 0 Å². The van der Waals surface area contributed by atoms with Gasteiger partial charge in [-0.25, -0.2) is 0 Å². The molecule has 0 aliphatic heterocycles. The van der Waals surface area contributed by atoms with Gasteiger partial charge in [0.1, 0.15) is 0 Å². The lowest BCUT2D eigenvalue weighted by Crippen LogP contribution is -2.49. The van der Waals surface area contributed by atoms with Crippen molar-refractivity contribution in [3.63, 3.8) is 0 Å². The molecule has 6 heteroatoms. The van der Waals surface area contributed by atoms with Gasteiger partial charge in [0, 0.05) is 0 Å². The third kappa shape index (κ3) is 4.75. The molecule has 0 saturated carbocycles. The van der Waals surface area contributed by atoms with Crippen molar-refractivity contribution in [2.45, 2.75) is 37.8 Å². The number of hydrogen-bond donors (Lipinski definition) is 4. The Hall–Kier alpha value is -1.14. The lowest BCUT2D eigenvalue weighted by atomic mass is 9.94. The van der Waals surface area contributed by atoms with E-state index in [1.807, 2.05) is 0 Å². The largest absolute Gasteiger partial charge is 0.368 e. The SMILES string of the molecule is CNC(CCCC(C)(N)C(N)=O)C(N)=O. The van der Waals surface area contributed by atoms with Crippen molar-refractivity contribution in [3.8, 4) is 0 Å². The van der Waals surface area contributed by atoms with Crippen LogP contribution in [0.25, 0.3) is 0 Å². The summed E-state index contributed by atoms with van der Waals surface area (Å²) in [6.45, 7) is 1.58. The predicted octanol–water partition coefficient (Wildman–Crippen LogP) is -1.57. The second-order valence-electron chi connectivity index (χ2n) is 3.92. The van der Waals surface area contributed by atoms with E-state index in [4.69, 9.17) is 17.2 Å². The maximum atomic E-state index is 10.9. The van der Waals surface area contributed by atoms with Crippen LogP contribution in [0.15, 0.2) is 0 Å². The molecular formula is C9H20N4O2. The molecular weight excluding hydrogens is 196 g/mol. The standard InChI is InChI=1S/C9H20N4O2/c1-9(12,8(11)15)5-3-4-6(13-2)7(10)14/h6,13H,3-5,12H2,1-2H3,(H2,10,14)(H2,11,15). The summed E-state index contributed by atoms with van der Waals surface area (Å²) in [5.74, 6) is -0.946. The van der Waals surface area contributed by atoms with Gasteiger partial charge in [0.2, 0.25) is 11.8 Å². The summed E-state index contributed by atoms with van der Waals surface area (Å²) in [6.07, 6.45) is 1.60. The Labute approximate surface area is 89.6 Å². The zero-order chi connectivity index (χ0) is 12.1. The molecule has 0 fully saturated rings. The summed E-state index contributed by atoms with van der Waals surface area (Å²) < 4.78 is 0. The molecule has 0 aliphatic rings. The number of hydrogen-bond acceptors (Lipinski definition) is 4. The first-order valence-electron chi connectivity index (χ1n) is 4.86.